The molecule has 3 nitrogen and oxygen atoms in total. The lowest BCUT2D eigenvalue weighted by Crippen LogP contribution is -2.57. The summed E-state index contributed by atoms with van der Waals surface area (Å²) in [6, 6.07) is -0.135. The van der Waals surface area contributed by atoms with Crippen LogP contribution in [0.1, 0.15) is 57.8 Å². The third kappa shape index (κ3) is 1.85. The van der Waals surface area contributed by atoms with Crippen molar-refractivity contribution in [1.82, 2.24) is 4.90 Å². The van der Waals surface area contributed by atoms with Crippen molar-refractivity contribution in [3.05, 3.63) is 0 Å². The van der Waals surface area contributed by atoms with Gasteiger partial charge in [-0.1, -0.05) is 0 Å². The fraction of sp³-hybridized carbons (Fsp3) is 0.882. The Bertz CT molecular complexity index is 395. The number of aldehydes is 1. The highest BCUT2D eigenvalue weighted by molar-refractivity contribution is 5.86. The second kappa shape index (κ2) is 4.57. The Morgan fingerprint density at radius 2 is 1.60 bits per heavy atom. The smallest absolute Gasteiger partial charge is 0.229 e. The van der Waals surface area contributed by atoms with Crippen molar-refractivity contribution in [3.63, 3.8) is 0 Å². The van der Waals surface area contributed by atoms with Crippen molar-refractivity contribution < 1.29 is 9.59 Å². The van der Waals surface area contributed by atoms with Crippen LogP contribution >= 0.6 is 0 Å². The van der Waals surface area contributed by atoms with Gasteiger partial charge in [0.2, 0.25) is 5.91 Å². The van der Waals surface area contributed by atoms with Gasteiger partial charge < -0.3 is 9.69 Å². The Hall–Kier alpha value is -0.860. The topological polar surface area (TPSA) is 37.4 Å². The van der Waals surface area contributed by atoms with Crippen LogP contribution in [0.2, 0.25) is 0 Å². The largest absolute Gasteiger partial charge is 0.332 e. The van der Waals surface area contributed by atoms with Crippen molar-refractivity contribution in [2.45, 2.75) is 63.8 Å². The molecule has 1 heterocycles. The first-order chi connectivity index (χ1) is 9.70. The van der Waals surface area contributed by atoms with E-state index < -0.39 is 0 Å². The molecule has 4 bridgehead atoms. The van der Waals surface area contributed by atoms with Crippen LogP contribution in [0.15, 0.2) is 0 Å². The lowest BCUT2D eigenvalue weighted by molar-refractivity contribution is -0.162. The van der Waals surface area contributed by atoms with Crippen LogP contribution in [-0.2, 0) is 9.59 Å². The summed E-state index contributed by atoms with van der Waals surface area (Å²) in [5, 5.41) is 0. The van der Waals surface area contributed by atoms with Crippen molar-refractivity contribution in [3.8, 4) is 0 Å². The number of hydrogen-bond acceptors (Lipinski definition) is 2. The number of piperidine rings is 1. The second-order valence-electron chi connectivity index (χ2n) is 7.90. The number of carbonyl (C=O) groups excluding carboxylic acids is 2. The van der Waals surface area contributed by atoms with E-state index in [0.717, 1.165) is 69.1 Å². The van der Waals surface area contributed by atoms with E-state index in [4.69, 9.17) is 0 Å². The zero-order valence-electron chi connectivity index (χ0n) is 12.2. The van der Waals surface area contributed by atoms with E-state index in [2.05, 4.69) is 0 Å². The second-order valence-corrected chi connectivity index (χ2v) is 7.90. The van der Waals surface area contributed by atoms with E-state index in [-0.39, 0.29) is 11.5 Å². The quantitative estimate of drug-likeness (QED) is 0.727. The maximum absolute atomic E-state index is 13.2. The minimum atomic E-state index is -0.135. The molecule has 5 rings (SSSR count). The van der Waals surface area contributed by atoms with Crippen LogP contribution in [0.3, 0.4) is 0 Å². The average Bonchev–Trinajstić information content (AvgIpc) is 2.45. The maximum atomic E-state index is 13.2. The fourth-order valence-electron chi connectivity index (χ4n) is 6.03. The first kappa shape index (κ1) is 12.8. The number of carbonyl (C=O) groups is 2. The maximum Gasteiger partial charge on any atom is 0.229 e. The molecular formula is C17H25NO2. The van der Waals surface area contributed by atoms with Crippen molar-refractivity contribution in [1.29, 1.82) is 0 Å². The summed E-state index contributed by atoms with van der Waals surface area (Å²) in [5.74, 6) is 2.73. The molecule has 1 unspecified atom stereocenters. The summed E-state index contributed by atoms with van der Waals surface area (Å²) in [6.45, 7) is 0.810. The zero-order valence-corrected chi connectivity index (χ0v) is 12.2. The normalized spacial score (nSPS) is 46.5. The van der Waals surface area contributed by atoms with Gasteiger partial charge in [0.05, 0.1) is 11.5 Å². The van der Waals surface area contributed by atoms with Crippen LogP contribution in [0.5, 0.6) is 0 Å². The van der Waals surface area contributed by atoms with Crippen LogP contribution in [-0.4, -0.2) is 29.7 Å². The van der Waals surface area contributed by atoms with Gasteiger partial charge in [-0.25, -0.2) is 0 Å². The molecule has 1 aliphatic heterocycles. The molecular weight excluding hydrogens is 250 g/mol. The van der Waals surface area contributed by atoms with Crippen LogP contribution in [0.25, 0.3) is 0 Å². The standard InChI is InChI=1S/C17H25NO2/c19-11-15-3-1-2-4-18(15)16(20)17-8-12-5-13(9-17)7-14(6-12)10-17/h11-15H,1-10H2. The molecule has 1 amide bonds. The molecule has 0 radical (unpaired) electrons. The van der Waals surface area contributed by atoms with Crippen molar-refractivity contribution in [2.75, 3.05) is 6.54 Å². The summed E-state index contributed by atoms with van der Waals surface area (Å²) in [7, 11) is 0. The zero-order chi connectivity index (χ0) is 13.7. The summed E-state index contributed by atoms with van der Waals surface area (Å²) >= 11 is 0. The molecule has 5 aliphatic rings. The van der Waals surface area contributed by atoms with Gasteiger partial charge in [-0.15, -0.1) is 0 Å². The Morgan fingerprint density at radius 1 is 1.00 bits per heavy atom. The van der Waals surface area contributed by atoms with Gasteiger partial charge in [-0.2, -0.15) is 0 Å². The van der Waals surface area contributed by atoms with Gasteiger partial charge in [-0.3, -0.25) is 4.79 Å². The molecule has 1 atom stereocenters. The third-order valence-corrected chi connectivity index (χ3v) is 6.46. The van der Waals surface area contributed by atoms with Gasteiger partial charge in [0.15, 0.2) is 0 Å². The van der Waals surface area contributed by atoms with E-state index in [9.17, 15) is 9.59 Å². The van der Waals surface area contributed by atoms with Crippen LogP contribution in [0.4, 0.5) is 0 Å². The minimum Gasteiger partial charge on any atom is -0.332 e. The van der Waals surface area contributed by atoms with Crippen molar-refractivity contribution >= 4 is 12.2 Å². The van der Waals surface area contributed by atoms with Gasteiger partial charge in [0.25, 0.3) is 0 Å². The van der Waals surface area contributed by atoms with E-state index in [1.807, 2.05) is 4.90 Å². The third-order valence-electron chi connectivity index (χ3n) is 6.46. The predicted octanol–water partition coefficient (Wildman–Crippen LogP) is 2.78. The predicted molar refractivity (Wildman–Crippen MR) is 76.0 cm³/mol. The number of hydrogen-bond donors (Lipinski definition) is 0. The van der Waals surface area contributed by atoms with E-state index in [1.165, 1.54) is 19.3 Å². The fourth-order valence-corrected chi connectivity index (χ4v) is 6.03. The number of amides is 1. The first-order valence-electron chi connectivity index (χ1n) is 8.46. The molecule has 0 N–H and O–H groups in total. The molecule has 4 aliphatic carbocycles. The number of likely N-dealkylation sites (tertiary alicyclic amines) is 1. The molecule has 110 valence electrons. The van der Waals surface area contributed by atoms with E-state index in [1.54, 1.807) is 0 Å². The van der Waals surface area contributed by atoms with Gasteiger partial charge in [0, 0.05) is 6.54 Å². The highest BCUT2D eigenvalue weighted by atomic mass is 16.2. The Kier molecular flexibility index (Phi) is 2.94. The van der Waals surface area contributed by atoms with E-state index in [0.29, 0.717) is 5.91 Å². The van der Waals surface area contributed by atoms with Gasteiger partial charge in [0.1, 0.15) is 6.29 Å². The monoisotopic (exact) mass is 275 g/mol. The van der Waals surface area contributed by atoms with E-state index >= 15 is 0 Å². The Morgan fingerprint density at radius 3 is 2.15 bits per heavy atom. The van der Waals surface area contributed by atoms with Crippen LogP contribution in [0, 0.1) is 23.2 Å². The Labute approximate surface area is 121 Å². The summed E-state index contributed by atoms with van der Waals surface area (Å²) in [4.78, 5) is 26.4. The highest BCUT2D eigenvalue weighted by Gasteiger charge is 2.56. The molecule has 0 aromatic heterocycles. The average molecular weight is 275 g/mol. The minimum absolute atomic E-state index is 0.0760. The molecule has 4 saturated carbocycles. The molecule has 3 heteroatoms. The van der Waals surface area contributed by atoms with Gasteiger partial charge >= 0.3 is 0 Å². The highest BCUT2D eigenvalue weighted by Crippen LogP contribution is 2.60. The Balaban J connectivity index is 1.59. The summed E-state index contributed by atoms with van der Waals surface area (Å²) < 4.78 is 0. The molecule has 5 fully saturated rings. The molecule has 20 heavy (non-hydrogen) atoms. The summed E-state index contributed by atoms with van der Waals surface area (Å²) in [6.07, 6.45) is 11.5. The molecule has 0 aromatic rings. The summed E-state index contributed by atoms with van der Waals surface area (Å²) in [5.41, 5.74) is -0.0760. The molecule has 0 spiro atoms. The van der Waals surface area contributed by atoms with Crippen molar-refractivity contribution in [2.24, 2.45) is 23.2 Å². The number of rotatable bonds is 2. The lowest BCUT2D eigenvalue weighted by Gasteiger charge is -2.57. The first-order valence-corrected chi connectivity index (χ1v) is 8.46. The number of nitrogens with zero attached hydrogens (tertiary/aromatic N) is 1. The van der Waals surface area contributed by atoms with Crippen LogP contribution < -0.4 is 0 Å². The SMILES string of the molecule is O=CC1CCCCN1C(=O)C12CC3CC(CC(C3)C1)C2. The van der Waals surface area contributed by atoms with Gasteiger partial charge in [-0.05, 0) is 75.5 Å². The molecule has 1 saturated heterocycles. The molecule has 0 aromatic carbocycles. The lowest BCUT2D eigenvalue weighted by atomic mass is 9.49.